The van der Waals surface area contributed by atoms with E-state index in [1.165, 1.54) is 5.39 Å². The molecule has 1 heterocycles. The molecular weight excluding hydrogens is 262 g/mol. The highest BCUT2D eigenvalue weighted by molar-refractivity contribution is 5.85. The second-order valence-corrected chi connectivity index (χ2v) is 5.25. The zero-order chi connectivity index (χ0) is 15.3. The Morgan fingerprint density at radius 3 is 2.52 bits per heavy atom. The Labute approximate surface area is 126 Å². The van der Waals surface area contributed by atoms with Crippen molar-refractivity contribution < 1.29 is 4.74 Å². The third-order valence-corrected chi connectivity index (χ3v) is 4.33. The van der Waals surface area contributed by atoms with Gasteiger partial charge in [0.25, 0.3) is 0 Å². The van der Waals surface area contributed by atoms with Gasteiger partial charge in [-0.3, -0.25) is 10.8 Å². The lowest BCUT2D eigenvalue weighted by atomic mass is 9.83. The molecule has 4 nitrogen and oxygen atoms in total. The number of ether oxygens (including phenoxy) is 1. The first-order chi connectivity index (χ1) is 10.2. The van der Waals surface area contributed by atoms with Crippen molar-refractivity contribution >= 4 is 10.8 Å². The molecule has 21 heavy (non-hydrogen) atoms. The Bertz CT molecular complexity index is 576. The highest BCUT2D eigenvalue weighted by Gasteiger charge is 2.37. The molecule has 0 saturated carbocycles. The third kappa shape index (κ3) is 2.93. The molecule has 1 atom stereocenters. The lowest BCUT2D eigenvalue weighted by molar-refractivity contribution is -0.0731. The lowest BCUT2D eigenvalue weighted by Crippen LogP contribution is -2.48. The van der Waals surface area contributed by atoms with E-state index in [2.05, 4.69) is 36.4 Å². The quantitative estimate of drug-likeness (QED) is 0.605. The van der Waals surface area contributed by atoms with E-state index in [4.69, 9.17) is 10.6 Å². The molecule has 0 bridgehead atoms. The fraction of sp³-hybridized carbons (Fsp3) is 0.471. The van der Waals surface area contributed by atoms with Crippen molar-refractivity contribution in [3.05, 3.63) is 42.2 Å². The Morgan fingerprint density at radius 1 is 1.19 bits per heavy atom. The van der Waals surface area contributed by atoms with Crippen LogP contribution in [0.2, 0.25) is 0 Å². The molecule has 1 unspecified atom stereocenters. The number of hydrogen-bond donors (Lipinski definition) is 2. The van der Waals surface area contributed by atoms with Crippen LogP contribution in [0.3, 0.4) is 0 Å². The summed E-state index contributed by atoms with van der Waals surface area (Å²) in [5.74, 6) is 5.91. The van der Waals surface area contributed by atoms with Gasteiger partial charge in [-0.15, -0.1) is 0 Å². The largest absolute Gasteiger partial charge is 0.373 e. The van der Waals surface area contributed by atoms with Crippen LogP contribution in [0.5, 0.6) is 0 Å². The normalized spacial score (nSPS) is 13.5. The summed E-state index contributed by atoms with van der Waals surface area (Å²) >= 11 is 0. The number of aromatic nitrogens is 1. The van der Waals surface area contributed by atoms with E-state index in [1.807, 2.05) is 31.5 Å². The number of pyridine rings is 1. The summed E-state index contributed by atoms with van der Waals surface area (Å²) in [5.41, 5.74) is 3.74. The summed E-state index contributed by atoms with van der Waals surface area (Å²) in [6.07, 6.45) is 5.55. The van der Waals surface area contributed by atoms with Crippen molar-refractivity contribution in [3.63, 3.8) is 0 Å². The van der Waals surface area contributed by atoms with Gasteiger partial charge < -0.3 is 4.74 Å². The number of nitrogens with zero attached hydrogens (tertiary/aromatic N) is 1. The van der Waals surface area contributed by atoms with Crippen molar-refractivity contribution in [2.75, 3.05) is 6.61 Å². The Balaban J connectivity index is 2.57. The van der Waals surface area contributed by atoms with Gasteiger partial charge >= 0.3 is 0 Å². The van der Waals surface area contributed by atoms with Crippen molar-refractivity contribution in [1.29, 1.82) is 0 Å². The highest BCUT2D eigenvalue weighted by atomic mass is 16.5. The molecule has 0 aliphatic rings. The molecule has 0 fully saturated rings. The molecule has 2 rings (SSSR count). The molecule has 1 aromatic carbocycles. The number of nitrogens with one attached hydrogen (secondary N) is 1. The monoisotopic (exact) mass is 287 g/mol. The van der Waals surface area contributed by atoms with E-state index in [1.54, 1.807) is 0 Å². The second kappa shape index (κ2) is 6.98. The fourth-order valence-electron chi connectivity index (χ4n) is 3.13. The smallest absolute Gasteiger partial charge is 0.0884 e. The first kappa shape index (κ1) is 15.9. The van der Waals surface area contributed by atoms with Crippen LogP contribution in [0.25, 0.3) is 10.8 Å². The van der Waals surface area contributed by atoms with Gasteiger partial charge in [-0.25, -0.2) is 5.43 Å². The number of nitrogens with two attached hydrogens (primary N) is 1. The van der Waals surface area contributed by atoms with Crippen LogP contribution < -0.4 is 11.3 Å². The van der Waals surface area contributed by atoms with Gasteiger partial charge in [0.2, 0.25) is 0 Å². The predicted octanol–water partition coefficient (Wildman–Crippen LogP) is 3.33. The Morgan fingerprint density at radius 2 is 1.90 bits per heavy atom. The third-order valence-electron chi connectivity index (χ3n) is 4.33. The molecule has 0 aliphatic heterocycles. The number of hydrogen-bond acceptors (Lipinski definition) is 4. The average molecular weight is 287 g/mol. The van der Waals surface area contributed by atoms with Crippen LogP contribution in [-0.2, 0) is 4.74 Å². The molecule has 2 aromatic rings. The van der Waals surface area contributed by atoms with Gasteiger partial charge in [-0.2, -0.15) is 0 Å². The van der Waals surface area contributed by atoms with Crippen molar-refractivity contribution in [2.45, 2.75) is 45.3 Å². The van der Waals surface area contributed by atoms with Crippen LogP contribution in [0.4, 0.5) is 0 Å². The first-order valence-electron chi connectivity index (χ1n) is 7.65. The molecule has 114 valence electrons. The first-order valence-corrected chi connectivity index (χ1v) is 7.65. The molecule has 0 spiro atoms. The molecule has 0 aliphatic carbocycles. The minimum absolute atomic E-state index is 0.0916. The summed E-state index contributed by atoms with van der Waals surface area (Å²) in [7, 11) is 0. The summed E-state index contributed by atoms with van der Waals surface area (Å²) in [5, 5.41) is 2.29. The maximum Gasteiger partial charge on any atom is 0.0884 e. The van der Waals surface area contributed by atoms with Crippen LogP contribution in [0.15, 0.2) is 36.7 Å². The SMILES string of the molecule is CCOC(CC)(CC)C(NN)c1cncc2ccccc12. The summed E-state index contributed by atoms with van der Waals surface area (Å²) in [4.78, 5) is 4.37. The molecule has 4 heteroatoms. The predicted molar refractivity (Wildman–Crippen MR) is 86.7 cm³/mol. The van der Waals surface area contributed by atoms with E-state index in [-0.39, 0.29) is 11.6 Å². The average Bonchev–Trinajstić information content (AvgIpc) is 2.54. The summed E-state index contributed by atoms with van der Waals surface area (Å²) in [6, 6.07) is 8.15. The van der Waals surface area contributed by atoms with Crippen LogP contribution in [0.1, 0.15) is 45.2 Å². The number of rotatable bonds is 7. The van der Waals surface area contributed by atoms with E-state index in [0.717, 1.165) is 23.8 Å². The number of fused-ring (bicyclic) bond motifs is 1. The summed E-state index contributed by atoms with van der Waals surface area (Å²) in [6.45, 7) is 6.97. The molecular formula is C17H25N3O. The molecule has 0 amide bonds. The fourth-order valence-corrected chi connectivity index (χ4v) is 3.13. The van der Waals surface area contributed by atoms with E-state index in [9.17, 15) is 0 Å². The van der Waals surface area contributed by atoms with Crippen molar-refractivity contribution in [2.24, 2.45) is 5.84 Å². The zero-order valence-corrected chi connectivity index (χ0v) is 13.1. The zero-order valence-electron chi connectivity index (χ0n) is 13.1. The molecule has 1 aromatic heterocycles. The van der Waals surface area contributed by atoms with E-state index >= 15 is 0 Å². The minimum atomic E-state index is -0.324. The van der Waals surface area contributed by atoms with Crippen LogP contribution in [0, 0.1) is 0 Å². The molecule has 0 saturated heterocycles. The Kier molecular flexibility index (Phi) is 5.28. The minimum Gasteiger partial charge on any atom is -0.373 e. The number of benzene rings is 1. The van der Waals surface area contributed by atoms with E-state index < -0.39 is 0 Å². The van der Waals surface area contributed by atoms with Gasteiger partial charge in [0, 0.05) is 24.4 Å². The van der Waals surface area contributed by atoms with Crippen LogP contribution >= 0.6 is 0 Å². The van der Waals surface area contributed by atoms with Gasteiger partial charge in [0.1, 0.15) is 0 Å². The van der Waals surface area contributed by atoms with Gasteiger partial charge in [-0.05, 0) is 30.7 Å². The molecule has 0 radical (unpaired) electrons. The maximum absolute atomic E-state index is 6.11. The van der Waals surface area contributed by atoms with Crippen molar-refractivity contribution in [1.82, 2.24) is 10.4 Å². The molecule has 3 N–H and O–H groups in total. The van der Waals surface area contributed by atoms with Crippen LogP contribution in [-0.4, -0.2) is 17.2 Å². The second-order valence-electron chi connectivity index (χ2n) is 5.25. The topological polar surface area (TPSA) is 60.2 Å². The standard InChI is InChI=1S/C17H25N3O/c1-4-17(5-2,21-6-3)16(20-18)15-12-19-11-13-9-7-8-10-14(13)15/h7-12,16,20H,4-6,18H2,1-3H3. The Hall–Kier alpha value is -1.49. The van der Waals surface area contributed by atoms with Gasteiger partial charge in [-0.1, -0.05) is 38.1 Å². The van der Waals surface area contributed by atoms with Gasteiger partial charge in [0.15, 0.2) is 0 Å². The van der Waals surface area contributed by atoms with Gasteiger partial charge in [0.05, 0.1) is 11.6 Å². The lowest BCUT2D eigenvalue weighted by Gasteiger charge is -2.39. The van der Waals surface area contributed by atoms with Crippen molar-refractivity contribution in [3.8, 4) is 0 Å². The highest BCUT2D eigenvalue weighted by Crippen LogP contribution is 2.37. The number of hydrazine groups is 1. The summed E-state index contributed by atoms with van der Waals surface area (Å²) < 4.78 is 6.11. The van der Waals surface area contributed by atoms with E-state index in [0.29, 0.717) is 6.61 Å². The maximum atomic E-state index is 6.11.